The molecule has 2 aromatic heterocycles. The zero-order valence-electron chi connectivity index (χ0n) is 12.9. The van der Waals surface area contributed by atoms with Crippen molar-refractivity contribution in [1.82, 2.24) is 9.97 Å². The van der Waals surface area contributed by atoms with Crippen molar-refractivity contribution in [3.63, 3.8) is 0 Å². The minimum atomic E-state index is -0.560. The van der Waals surface area contributed by atoms with Crippen LogP contribution in [0, 0.1) is 6.92 Å². The SMILES string of the molecule is COC(=O)c1cc(N)nc(-c2nc(N)cc(C(=O)OC)c2C)c1. The molecule has 0 saturated carbocycles. The van der Waals surface area contributed by atoms with Crippen LogP contribution in [0.1, 0.15) is 26.3 Å². The van der Waals surface area contributed by atoms with Crippen molar-refractivity contribution < 1.29 is 19.1 Å². The van der Waals surface area contributed by atoms with Gasteiger partial charge in [-0.15, -0.1) is 0 Å². The van der Waals surface area contributed by atoms with E-state index in [4.69, 9.17) is 16.2 Å². The summed E-state index contributed by atoms with van der Waals surface area (Å²) >= 11 is 0. The number of hydrogen-bond acceptors (Lipinski definition) is 8. The van der Waals surface area contributed by atoms with E-state index in [1.165, 1.54) is 32.4 Å². The van der Waals surface area contributed by atoms with Gasteiger partial charge < -0.3 is 20.9 Å². The third-order valence-electron chi connectivity index (χ3n) is 3.21. The van der Waals surface area contributed by atoms with Crippen LogP contribution in [-0.4, -0.2) is 36.1 Å². The largest absolute Gasteiger partial charge is 0.465 e. The molecule has 23 heavy (non-hydrogen) atoms. The summed E-state index contributed by atoms with van der Waals surface area (Å²) in [5, 5.41) is 0. The van der Waals surface area contributed by atoms with Gasteiger partial charge in [-0.2, -0.15) is 0 Å². The zero-order chi connectivity index (χ0) is 17.1. The van der Waals surface area contributed by atoms with Gasteiger partial charge in [0, 0.05) is 0 Å². The molecule has 2 heterocycles. The molecule has 0 atom stereocenters. The normalized spacial score (nSPS) is 10.2. The molecule has 120 valence electrons. The molecule has 0 spiro atoms. The van der Waals surface area contributed by atoms with Gasteiger partial charge >= 0.3 is 11.9 Å². The zero-order valence-corrected chi connectivity index (χ0v) is 12.9. The smallest absolute Gasteiger partial charge is 0.338 e. The second kappa shape index (κ2) is 6.30. The predicted molar refractivity (Wildman–Crippen MR) is 83.7 cm³/mol. The fraction of sp³-hybridized carbons (Fsp3) is 0.200. The van der Waals surface area contributed by atoms with Crippen LogP contribution in [0.2, 0.25) is 0 Å². The quantitative estimate of drug-likeness (QED) is 0.807. The number of nitrogens with two attached hydrogens (primary N) is 2. The molecule has 0 aliphatic carbocycles. The highest BCUT2D eigenvalue weighted by Gasteiger charge is 2.18. The van der Waals surface area contributed by atoms with Crippen LogP contribution < -0.4 is 11.5 Å². The molecule has 2 rings (SSSR count). The molecule has 0 radical (unpaired) electrons. The number of aromatic nitrogens is 2. The number of hydrogen-bond donors (Lipinski definition) is 2. The average Bonchev–Trinajstić information content (AvgIpc) is 2.54. The lowest BCUT2D eigenvalue weighted by molar-refractivity contribution is 0.0591. The monoisotopic (exact) mass is 316 g/mol. The highest BCUT2D eigenvalue weighted by atomic mass is 16.5. The van der Waals surface area contributed by atoms with Gasteiger partial charge in [-0.3, -0.25) is 0 Å². The number of anilines is 2. The summed E-state index contributed by atoms with van der Waals surface area (Å²) in [6, 6.07) is 4.27. The van der Waals surface area contributed by atoms with Gasteiger partial charge in [0.25, 0.3) is 0 Å². The average molecular weight is 316 g/mol. The van der Waals surface area contributed by atoms with Crippen LogP contribution in [0.4, 0.5) is 11.6 Å². The molecule has 0 amide bonds. The van der Waals surface area contributed by atoms with Gasteiger partial charge in [0.15, 0.2) is 0 Å². The molecule has 0 aromatic carbocycles. The standard InChI is InChI=1S/C15H16N4O4/c1-7-9(15(21)23-3)6-12(17)19-13(7)10-4-8(14(20)22-2)5-11(16)18-10/h4-6H,1-3H3,(H2,16,18)(H2,17,19). The number of carbonyl (C=O) groups is 2. The first-order valence-corrected chi connectivity index (χ1v) is 6.59. The maximum absolute atomic E-state index is 11.8. The fourth-order valence-electron chi connectivity index (χ4n) is 2.11. The summed E-state index contributed by atoms with van der Waals surface area (Å²) in [5.41, 5.74) is 13.1. The van der Waals surface area contributed by atoms with E-state index in [2.05, 4.69) is 14.7 Å². The molecule has 0 unspecified atom stereocenters. The van der Waals surface area contributed by atoms with E-state index in [1.807, 2.05) is 0 Å². The molecule has 0 aliphatic rings. The maximum Gasteiger partial charge on any atom is 0.338 e. The third-order valence-corrected chi connectivity index (χ3v) is 3.21. The van der Waals surface area contributed by atoms with Crippen LogP contribution in [-0.2, 0) is 9.47 Å². The highest BCUT2D eigenvalue weighted by Crippen LogP contribution is 2.26. The first kappa shape index (κ1) is 16.2. The van der Waals surface area contributed by atoms with E-state index in [1.54, 1.807) is 6.92 Å². The van der Waals surface area contributed by atoms with Gasteiger partial charge in [0.1, 0.15) is 11.6 Å². The topological polar surface area (TPSA) is 130 Å². The Morgan fingerprint density at radius 3 is 2.17 bits per heavy atom. The van der Waals surface area contributed by atoms with E-state index in [0.717, 1.165) is 0 Å². The number of nitrogen functional groups attached to an aromatic ring is 2. The second-order valence-electron chi connectivity index (χ2n) is 4.72. The number of carbonyl (C=O) groups excluding carboxylic acids is 2. The van der Waals surface area contributed by atoms with Crippen LogP contribution in [0.15, 0.2) is 18.2 Å². The van der Waals surface area contributed by atoms with Crippen LogP contribution in [0.5, 0.6) is 0 Å². The molecule has 4 N–H and O–H groups in total. The Morgan fingerprint density at radius 2 is 1.57 bits per heavy atom. The lowest BCUT2D eigenvalue weighted by Gasteiger charge is -2.11. The highest BCUT2D eigenvalue weighted by molar-refractivity contribution is 5.95. The molecular weight excluding hydrogens is 300 g/mol. The van der Waals surface area contributed by atoms with Crippen LogP contribution in [0.3, 0.4) is 0 Å². The van der Waals surface area contributed by atoms with Crippen molar-refractivity contribution in [1.29, 1.82) is 0 Å². The summed E-state index contributed by atoms with van der Waals surface area (Å²) in [5.74, 6) is -0.869. The van der Waals surface area contributed by atoms with Crippen molar-refractivity contribution in [2.24, 2.45) is 0 Å². The minimum absolute atomic E-state index is 0.117. The molecule has 0 aliphatic heterocycles. The van der Waals surface area contributed by atoms with Crippen molar-refractivity contribution in [3.8, 4) is 11.4 Å². The van der Waals surface area contributed by atoms with Crippen molar-refractivity contribution >= 4 is 23.6 Å². The number of rotatable bonds is 3. The summed E-state index contributed by atoms with van der Waals surface area (Å²) in [6.07, 6.45) is 0. The first-order chi connectivity index (χ1) is 10.9. The molecule has 0 bridgehead atoms. The summed E-state index contributed by atoms with van der Waals surface area (Å²) < 4.78 is 9.40. The minimum Gasteiger partial charge on any atom is -0.465 e. The van der Waals surface area contributed by atoms with E-state index in [9.17, 15) is 9.59 Å². The number of ether oxygens (including phenoxy) is 2. The molecule has 0 fully saturated rings. The van der Waals surface area contributed by atoms with E-state index >= 15 is 0 Å². The third kappa shape index (κ3) is 3.20. The van der Waals surface area contributed by atoms with Crippen molar-refractivity contribution in [3.05, 3.63) is 34.9 Å². The molecule has 2 aromatic rings. The molecule has 8 heteroatoms. The lowest BCUT2D eigenvalue weighted by Crippen LogP contribution is -2.10. The van der Waals surface area contributed by atoms with Gasteiger partial charge in [0.05, 0.1) is 36.7 Å². The second-order valence-corrected chi connectivity index (χ2v) is 4.72. The van der Waals surface area contributed by atoms with E-state index < -0.39 is 11.9 Å². The van der Waals surface area contributed by atoms with Crippen LogP contribution in [0.25, 0.3) is 11.4 Å². The fourth-order valence-corrected chi connectivity index (χ4v) is 2.11. The Morgan fingerprint density at radius 1 is 0.957 bits per heavy atom. The number of nitrogens with zero attached hydrogens (tertiary/aromatic N) is 2. The molecule has 0 saturated heterocycles. The Bertz CT molecular complexity index is 789. The number of methoxy groups -OCH3 is 2. The van der Waals surface area contributed by atoms with E-state index in [-0.39, 0.29) is 22.8 Å². The van der Waals surface area contributed by atoms with Crippen molar-refractivity contribution in [2.75, 3.05) is 25.7 Å². The van der Waals surface area contributed by atoms with Gasteiger partial charge in [0.2, 0.25) is 0 Å². The summed E-state index contributed by atoms with van der Waals surface area (Å²) in [4.78, 5) is 31.9. The number of esters is 2. The van der Waals surface area contributed by atoms with E-state index in [0.29, 0.717) is 17.0 Å². The Hall–Kier alpha value is -3.16. The van der Waals surface area contributed by atoms with Crippen molar-refractivity contribution in [2.45, 2.75) is 6.92 Å². The van der Waals surface area contributed by atoms with Gasteiger partial charge in [-0.05, 0) is 30.7 Å². The molecular formula is C15H16N4O4. The predicted octanol–water partition coefficient (Wildman–Crippen LogP) is 1.19. The summed E-state index contributed by atoms with van der Waals surface area (Å²) in [6.45, 7) is 1.68. The first-order valence-electron chi connectivity index (χ1n) is 6.59. The Kier molecular flexibility index (Phi) is 4.44. The number of pyridine rings is 2. The Balaban J connectivity index is 2.67. The van der Waals surface area contributed by atoms with Gasteiger partial charge in [-0.25, -0.2) is 19.6 Å². The molecule has 8 nitrogen and oxygen atoms in total. The maximum atomic E-state index is 11.8. The van der Waals surface area contributed by atoms with Gasteiger partial charge in [-0.1, -0.05) is 0 Å². The van der Waals surface area contributed by atoms with Crippen LogP contribution >= 0.6 is 0 Å². The Labute approximate surface area is 132 Å². The summed E-state index contributed by atoms with van der Waals surface area (Å²) in [7, 11) is 2.53. The lowest BCUT2D eigenvalue weighted by atomic mass is 10.0.